The van der Waals surface area contributed by atoms with E-state index in [0.29, 0.717) is 23.7 Å². The molecule has 0 amide bonds. The van der Waals surface area contributed by atoms with Crippen molar-refractivity contribution in [1.82, 2.24) is 0 Å². The topological polar surface area (TPSA) is 127 Å². The molecule has 6 N–H and O–H groups in total. The van der Waals surface area contributed by atoms with E-state index in [1.807, 2.05) is 0 Å². The molecule has 0 heterocycles. The maximum atomic E-state index is 10.1. The quantitative estimate of drug-likeness (QED) is 0.414. The smallest absolute Gasteiger partial charge is 0.153 e. The zero-order chi connectivity index (χ0) is 19.4. The predicted octanol–water partition coefficient (Wildman–Crippen LogP) is 3.26. The number of aromatic hydroxyl groups is 2. The normalized spacial score (nSPS) is 8.92. The number of nitrogen functional groups attached to an aromatic ring is 2. The van der Waals surface area contributed by atoms with Crippen molar-refractivity contribution in [3.8, 4) is 11.5 Å². The molecule has 134 valence electrons. The van der Waals surface area contributed by atoms with Gasteiger partial charge in [-0.2, -0.15) is 0 Å². The molecule has 0 unspecified atom stereocenters. The molecule has 0 aliphatic carbocycles. The monoisotopic (exact) mass is 352 g/mol. The molecule has 0 bridgehead atoms. The Morgan fingerprint density at radius 3 is 1.12 bits per heavy atom. The largest absolute Gasteiger partial charge is 0.507 e. The number of para-hydroxylation sites is 2. The molecule has 0 aliphatic heterocycles. The summed E-state index contributed by atoms with van der Waals surface area (Å²) in [5.74, 6) is 0.0694. The van der Waals surface area contributed by atoms with Gasteiger partial charge in [0.2, 0.25) is 0 Å². The molecule has 3 rings (SSSR count). The van der Waals surface area contributed by atoms with Gasteiger partial charge in [-0.1, -0.05) is 24.3 Å². The summed E-state index contributed by atoms with van der Waals surface area (Å²) in [4.78, 5) is 20.1. The maximum absolute atomic E-state index is 10.1. The molecule has 0 aromatic heterocycles. The van der Waals surface area contributed by atoms with Gasteiger partial charge < -0.3 is 21.7 Å². The highest BCUT2D eigenvalue weighted by molar-refractivity contribution is 5.79. The third kappa shape index (κ3) is 7.18. The van der Waals surface area contributed by atoms with E-state index in [1.165, 1.54) is 12.1 Å². The van der Waals surface area contributed by atoms with E-state index in [9.17, 15) is 9.59 Å². The summed E-state index contributed by atoms with van der Waals surface area (Å²) in [7, 11) is 0. The van der Waals surface area contributed by atoms with E-state index in [4.69, 9.17) is 21.7 Å². The van der Waals surface area contributed by atoms with Gasteiger partial charge in [-0.25, -0.2) is 0 Å². The summed E-state index contributed by atoms with van der Waals surface area (Å²) in [6.07, 6.45) is 1.24. The van der Waals surface area contributed by atoms with Crippen LogP contribution in [0.5, 0.6) is 11.5 Å². The van der Waals surface area contributed by atoms with Crippen LogP contribution in [0, 0.1) is 0 Å². The molecule has 0 spiro atoms. The number of hydrogen-bond donors (Lipinski definition) is 4. The van der Waals surface area contributed by atoms with Crippen LogP contribution in [0.1, 0.15) is 20.7 Å². The summed E-state index contributed by atoms with van der Waals surface area (Å²) in [6, 6.07) is 19.9. The van der Waals surface area contributed by atoms with Crippen molar-refractivity contribution in [1.29, 1.82) is 0 Å². The van der Waals surface area contributed by atoms with Crippen LogP contribution < -0.4 is 11.5 Å². The lowest BCUT2D eigenvalue weighted by molar-refractivity contribution is 0.111. The second kappa shape index (κ2) is 10.9. The first kappa shape index (κ1) is 20.2. The maximum Gasteiger partial charge on any atom is 0.153 e. The Morgan fingerprint density at radius 1 is 0.577 bits per heavy atom. The molecule has 6 heteroatoms. The van der Waals surface area contributed by atoms with E-state index >= 15 is 0 Å². The number of carbonyl (C=O) groups excluding carboxylic acids is 2. The van der Waals surface area contributed by atoms with Crippen LogP contribution in [0.25, 0.3) is 0 Å². The number of phenolic OH excluding ortho intramolecular Hbond substituents is 2. The minimum absolute atomic E-state index is 0.0347. The minimum atomic E-state index is 0.0347. The zero-order valence-corrected chi connectivity index (χ0v) is 13.9. The molecule has 0 fully saturated rings. The third-order valence-electron chi connectivity index (χ3n) is 3.06. The van der Waals surface area contributed by atoms with Crippen molar-refractivity contribution in [3.63, 3.8) is 0 Å². The van der Waals surface area contributed by atoms with Crippen molar-refractivity contribution >= 4 is 23.9 Å². The van der Waals surface area contributed by atoms with Gasteiger partial charge in [-0.05, 0) is 48.5 Å². The van der Waals surface area contributed by atoms with Crippen LogP contribution in [0.4, 0.5) is 11.4 Å². The van der Waals surface area contributed by atoms with E-state index < -0.39 is 0 Å². The van der Waals surface area contributed by atoms with Crippen molar-refractivity contribution in [2.75, 3.05) is 11.5 Å². The summed E-state index contributed by atoms with van der Waals surface area (Å²) in [6.45, 7) is 0. The SMILES string of the molecule is Nc1ccc(N)cc1.O=Cc1ccccc1O.O=Cc1ccccc1O. The number of aldehydes is 2. The fourth-order valence-electron chi connectivity index (χ4n) is 1.67. The van der Waals surface area contributed by atoms with Gasteiger partial charge in [0.1, 0.15) is 11.5 Å². The summed E-state index contributed by atoms with van der Waals surface area (Å²) >= 11 is 0. The minimum Gasteiger partial charge on any atom is -0.507 e. The Hall–Kier alpha value is -3.80. The van der Waals surface area contributed by atoms with Crippen LogP contribution in [0.3, 0.4) is 0 Å². The number of anilines is 2. The molecule has 6 nitrogen and oxygen atoms in total. The number of rotatable bonds is 2. The summed E-state index contributed by atoms with van der Waals surface area (Å²) in [5, 5.41) is 17.8. The highest BCUT2D eigenvalue weighted by Gasteiger charge is 1.94. The van der Waals surface area contributed by atoms with Crippen LogP contribution in [0.2, 0.25) is 0 Å². The molecular weight excluding hydrogens is 332 g/mol. The van der Waals surface area contributed by atoms with Crippen LogP contribution in [0.15, 0.2) is 72.8 Å². The van der Waals surface area contributed by atoms with Crippen molar-refractivity contribution in [3.05, 3.63) is 83.9 Å². The fourth-order valence-corrected chi connectivity index (χ4v) is 1.67. The number of benzene rings is 3. The Kier molecular flexibility index (Phi) is 8.47. The molecule has 0 radical (unpaired) electrons. The van der Waals surface area contributed by atoms with E-state index in [0.717, 1.165) is 11.4 Å². The van der Waals surface area contributed by atoms with Crippen molar-refractivity contribution in [2.24, 2.45) is 0 Å². The third-order valence-corrected chi connectivity index (χ3v) is 3.06. The Balaban J connectivity index is 0.000000195. The Labute approximate surface area is 151 Å². The molecule has 26 heavy (non-hydrogen) atoms. The van der Waals surface area contributed by atoms with E-state index in [1.54, 1.807) is 60.7 Å². The number of phenols is 2. The van der Waals surface area contributed by atoms with Gasteiger partial charge in [0.15, 0.2) is 12.6 Å². The average molecular weight is 352 g/mol. The lowest BCUT2D eigenvalue weighted by Gasteiger charge is -1.91. The second-order valence-electron chi connectivity index (χ2n) is 5.02. The first-order valence-electron chi connectivity index (χ1n) is 7.55. The van der Waals surface area contributed by atoms with E-state index in [-0.39, 0.29) is 11.5 Å². The summed E-state index contributed by atoms with van der Waals surface area (Å²) < 4.78 is 0. The van der Waals surface area contributed by atoms with Gasteiger partial charge in [0.05, 0.1) is 11.1 Å². The Morgan fingerprint density at radius 2 is 0.885 bits per heavy atom. The number of carbonyl (C=O) groups is 2. The average Bonchev–Trinajstić information content (AvgIpc) is 2.66. The first-order chi connectivity index (χ1) is 12.5. The van der Waals surface area contributed by atoms with Crippen LogP contribution >= 0.6 is 0 Å². The Bertz CT molecular complexity index is 763. The van der Waals surface area contributed by atoms with Gasteiger partial charge >= 0.3 is 0 Å². The predicted molar refractivity (Wildman–Crippen MR) is 102 cm³/mol. The molecule has 3 aromatic carbocycles. The fraction of sp³-hybridized carbons (Fsp3) is 0. The molecule has 0 aliphatic rings. The number of hydrogen-bond acceptors (Lipinski definition) is 6. The molecular formula is C20H20N2O4. The van der Waals surface area contributed by atoms with Crippen molar-refractivity contribution < 1.29 is 19.8 Å². The molecule has 0 saturated heterocycles. The molecule has 0 atom stereocenters. The van der Waals surface area contributed by atoms with Crippen LogP contribution in [-0.2, 0) is 0 Å². The first-order valence-corrected chi connectivity index (χ1v) is 7.55. The number of nitrogens with two attached hydrogens (primary N) is 2. The van der Waals surface area contributed by atoms with Gasteiger partial charge in [0, 0.05) is 11.4 Å². The highest BCUT2D eigenvalue weighted by Crippen LogP contribution is 2.12. The lowest BCUT2D eigenvalue weighted by atomic mass is 10.2. The van der Waals surface area contributed by atoms with Gasteiger partial charge in [-0.3, -0.25) is 9.59 Å². The standard InChI is InChI=1S/2C7H6O2.C6H8N2/c2*8-5-6-3-1-2-4-7(6)9;7-5-1-2-6(8)4-3-5/h2*1-5,9H;1-4H,7-8H2. The lowest BCUT2D eigenvalue weighted by Crippen LogP contribution is -1.86. The highest BCUT2D eigenvalue weighted by atomic mass is 16.3. The zero-order valence-electron chi connectivity index (χ0n) is 13.9. The molecule has 0 saturated carbocycles. The van der Waals surface area contributed by atoms with Gasteiger partial charge in [0.25, 0.3) is 0 Å². The second-order valence-corrected chi connectivity index (χ2v) is 5.02. The molecule has 3 aromatic rings. The van der Waals surface area contributed by atoms with Crippen LogP contribution in [-0.4, -0.2) is 22.8 Å². The van der Waals surface area contributed by atoms with E-state index in [2.05, 4.69) is 0 Å². The summed E-state index contributed by atoms with van der Waals surface area (Å²) in [5.41, 5.74) is 12.9. The van der Waals surface area contributed by atoms with Crippen molar-refractivity contribution in [2.45, 2.75) is 0 Å². The van der Waals surface area contributed by atoms with Gasteiger partial charge in [-0.15, -0.1) is 0 Å².